The maximum Gasteiger partial charge on any atom is 0.324 e. The van der Waals surface area contributed by atoms with E-state index in [9.17, 15) is 13.2 Å². The van der Waals surface area contributed by atoms with E-state index < -0.39 is 22.0 Å². The monoisotopic (exact) mass is 444 g/mol. The molecule has 7 nitrogen and oxygen atoms in total. The van der Waals surface area contributed by atoms with Gasteiger partial charge in [0, 0.05) is 27.8 Å². The molecule has 2 heterocycles. The number of furan rings is 1. The number of esters is 1. The van der Waals surface area contributed by atoms with Crippen molar-refractivity contribution >= 4 is 49.3 Å². The lowest BCUT2D eigenvalue weighted by atomic mass is 10.1. The number of benzene rings is 2. The molecule has 9 heteroatoms. The van der Waals surface area contributed by atoms with Gasteiger partial charge in [0.05, 0.1) is 23.2 Å². The standard InChI is InChI=1S/C21H20N2O5S2/c1-12(2)20(21(24)27-3)23-30(25,26)14-5-6-15-16-8-13(17-10-29-11-22-17)4-7-18(16)28-19(15)9-14/h4-12,20,23H,1-3H3/t20-/m0/s1. The molecule has 0 bridgehead atoms. The van der Waals surface area contributed by atoms with Crippen LogP contribution in [-0.2, 0) is 19.6 Å². The molecule has 0 amide bonds. The van der Waals surface area contributed by atoms with Crippen LogP contribution in [0.2, 0.25) is 0 Å². The molecule has 1 atom stereocenters. The summed E-state index contributed by atoms with van der Waals surface area (Å²) in [5.74, 6) is -0.903. The van der Waals surface area contributed by atoms with E-state index >= 15 is 0 Å². The number of fused-ring (bicyclic) bond motifs is 3. The summed E-state index contributed by atoms with van der Waals surface area (Å²) in [6, 6.07) is 9.45. The van der Waals surface area contributed by atoms with Gasteiger partial charge in [0.25, 0.3) is 0 Å². The number of nitrogens with one attached hydrogen (secondary N) is 1. The maximum atomic E-state index is 12.9. The molecule has 0 unspecified atom stereocenters. The Labute approximate surface area is 177 Å². The van der Waals surface area contributed by atoms with Crippen molar-refractivity contribution in [1.82, 2.24) is 9.71 Å². The Kier molecular flexibility index (Phi) is 5.35. The third-order valence-electron chi connectivity index (χ3n) is 4.89. The molecular formula is C21H20N2O5S2. The van der Waals surface area contributed by atoms with Gasteiger partial charge >= 0.3 is 5.97 Å². The third kappa shape index (κ3) is 3.71. The Balaban J connectivity index is 1.74. The van der Waals surface area contributed by atoms with Gasteiger partial charge in [-0.05, 0) is 36.2 Å². The summed E-state index contributed by atoms with van der Waals surface area (Å²) in [6.07, 6.45) is 0. The largest absolute Gasteiger partial charge is 0.468 e. The molecule has 0 radical (unpaired) electrons. The van der Waals surface area contributed by atoms with Gasteiger partial charge in [0.1, 0.15) is 17.2 Å². The molecule has 1 N–H and O–H groups in total. The number of sulfonamides is 1. The summed E-state index contributed by atoms with van der Waals surface area (Å²) in [5, 5.41) is 3.64. The van der Waals surface area contributed by atoms with E-state index in [0.717, 1.165) is 22.0 Å². The van der Waals surface area contributed by atoms with Crippen LogP contribution >= 0.6 is 11.3 Å². The molecule has 2 aromatic carbocycles. The molecule has 0 saturated carbocycles. The van der Waals surface area contributed by atoms with Gasteiger partial charge in [-0.1, -0.05) is 13.8 Å². The van der Waals surface area contributed by atoms with Crippen molar-refractivity contribution in [3.8, 4) is 11.3 Å². The Morgan fingerprint density at radius 1 is 1.13 bits per heavy atom. The van der Waals surface area contributed by atoms with Gasteiger partial charge < -0.3 is 9.15 Å². The summed E-state index contributed by atoms with van der Waals surface area (Å²) in [7, 11) is -2.72. The van der Waals surface area contributed by atoms with Crippen LogP contribution in [-0.4, -0.2) is 32.5 Å². The van der Waals surface area contributed by atoms with Crippen molar-refractivity contribution in [3.63, 3.8) is 0 Å². The van der Waals surface area contributed by atoms with Crippen LogP contribution in [0.15, 0.2) is 56.6 Å². The van der Waals surface area contributed by atoms with Gasteiger partial charge in [-0.2, -0.15) is 4.72 Å². The predicted molar refractivity (Wildman–Crippen MR) is 116 cm³/mol. The second-order valence-corrected chi connectivity index (χ2v) is 9.64. The highest BCUT2D eigenvalue weighted by Gasteiger charge is 2.29. The fourth-order valence-corrected chi connectivity index (χ4v) is 5.17. The minimum absolute atomic E-state index is 0.0170. The zero-order valence-electron chi connectivity index (χ0n) is 16.6. The Morgan fingerprint density at radius 2 is 1.93 bits per heavy atom. The number of carbonyl (C=O) groups is 1. The molecule has 4 rings (SSSR count). The second-order valence-electron chi connectivity index (χ2n) is 7.21. The quantitative estimate of drug-likeness (QED) is 0.448. The van der Waals surface area contributed by atoms with E-state index in [1.54, 1.807) is 25.4 Å². The number of hydrogen-bond acceptors (Lipinski definition) is 7. The zero-order valence-corrected chi connectivity index (χ0v) is 18.2. The van der Waals surface area contributed by atoms with Gasteiger partial charge in [-0.3, -0.25) is 4.79 Å². The number of thiazole rings is 1. The smallest absolute Gasteiger partial charge is 0.324 e. The summed E-state index contributed by atoms with van der Waals surface area (Å²) < 4.78 is 38.8. The number of rotatable bonds is 6. The lowest BCUT2D eigenvalue weighted by Gasteiger charge is -2.19. The molecule has 0 aliphatic carbocycles. The molecule has 0 aliphatic rings. The van der Waals surface area contributed by atoms with E-state index in [1.807, 2.05) is 23.6 Å². The van der Waals surface area contributed by atoms with Crippen molar-refractivity contribution in [1.29, 1.82) is 0 Å². The minimum Gasteiger partial charge on any atom is -0.468 e. The number of methoxy groups -OCH3 is 1. The first-order valence-corrected chi connectivity index (χ1v) is 11.7. The fourth-order valence-electron chi connectivity index (χ4n) is 3.26. The normalized spacial score (nSPS) is 13.2. The lowest BCUT2D eigenvalue weighted by Crippen LogP contribution is -2.44. The van der Waals surface area contributed by atoms with Crippen LogP contribution in [0.25, 0.3) is 33.2 Å². The number of ether oxygens (including phenoxy) is 1. The molecule has 4 aromatic rings. The first-order valence-electron chi connectivity index (χ1n) is 9.25. The summed E-state index contributed by atoms with van der Waals surface area (Å²) in [6.45, 7) is 3.49. The van der Waals surface area contributed by atoms with Gasteiger partial charge in [0.2, 0.25) is 10.0 Å². The van der Waals surface area contributed by atoms with Crippen molar-refractivity contribution in [2.45, 2.75) is 24.8 Å². The third-order valence-corrected chi connectivity index (χ3v) is 6.91. The molecule has 2 aromatic heterocycles. The Bertz CT molecular complexity index is 1320. The second kappa shape index (κ2) is 7.82. The van der Waals surface area contributed by atoms with Crippen molar-refractivity contribution in [2.24, 2.45) is 5.92 Å². The summed E-state index contributed by atoms with van der Waals surface area (Å²) >= 11 is 1.52. The van der Waals surface area contributed by atoms with E-state index in [1.165, 1.54) is 30.6 Å². The number of hydrogen-bond donors (Lipinski definition) is 1. The summed E-state index contributed by atoms with van der Waals surface area (Å²) in [5.41, 5.74) is 4.71. The lowest BCUT2D eigenvalue weighted by molar-refractivity contribution is -0.143. The number of nitrogens with zero attached hydrogens (tertiary/aromatic N) is 1. The van der Waals surface area contributed by atoms with E-state index in [4.69, 9.17) is 9.15 Å². The highest BCUT2D eigenvalue weighted by Crippen LogP contribution is 2.33. The number of aromatic nitrogens is 1. The van der Waals surface area contributed by atoms with Gasteiger partial charge in [-0.25, -0.2) is 13.4 Å². The van der Waals surface area contributed by atoms with E-state index in [0.29, 0.717) is 11.2 Å². The molecule has 30 heavy (non-hydrogen) atoms. The Hall–Kier alpha value is -2.75. The molecule has 156 valence electrons. The predicted octanol–water partition coefficient (Wildman–Crippen LogP) is 4.19. The highest BCUT2D eigenvalue weighted by molar-refractivity contribution is 7.89. The van der Waals surface area contributed by atoms with Crippen LogP contribution in [0.4, 0.5) is 0 Å². The zero-order chi connectivity index (χ0) is 21.5. The molecule has 0 spiro atoms. The molecular weight excluding hydrogens is 424 g/mol. The van der Waals surface area contributed by atoms with Crippen LogP contribution in [0.3, 0.4) is 0 Å². The van der Waals surface area contributed by atoms with Crippen LogP contribution in [0.1, 0.15) is 13.8 Å². The molecule has 0 fully saturated rings. The number of carbonyl (C=O) groups excluding carboxylic acids is 1. The van der Waals surface area contributed by atoms with Crippen LogP contribution in [0, 0.1) is 5.92 Å². The first kappa shape index (κ1) is 20.5. The maximum absolute atomic E-state index is 12.9. The molecule has 0 saturated heterocycles. The Morgan fingerprint density at radius 3 is 2.60 bits per heavy atom. The van der Waals surface area contributed by atoms with Crippen molar-refractivity contribution in [2.75, 3.05) is 7.11 Å². The van der Waals surface area contributed by atoms with E-state index in [-0.39, 0.29) is 10.8 Å². The highest BCUT2D eigenvalue weighted by atomic mass is 32.2. The van der Waals surface area contributed by atoms with Crippen molar-refractivity contribution in [3.05, 3.63) is 47.3 Å². The first-order chi connectivity index (χ1) is 14.3. The topological polar surface area (TPSA) is 98.5 Å². The van der Waals surface area contributed by atoms with Crippen molar-refractivity contribution < 1.29 is 22.4 Å². The van der Waals surface area contributed by atoms with E-state index in [2.05, 4.69) is 9.71 Å². The van der Waals surface area contributed by atoms with Crippen LogP contribution < -0.4 is 4.72 Å². The summed E-state index contributed by atoms with van der Waals surface area (Å²) in [4.78, 5) is 16.3. The van der Waals surface area contributed by atoms with Gasteiger partial charge in [-0.15, -0.1) is 11.3 Å². The van der Waals surface area contributed by atoms with Crippen LogP contribution in [0.5, 0.6) is 0 Å². The average molecular weight is 445 g/mol. The fraction of sp³-hybridized carbons (Fsp3) is 0.238. The SMILES string of the molecule is COC(=O)[C@@H](NS(=O)(=O)c1ccc2c(c1)oc1ccc(-c3cscn3)cc12)C(C)C. The average Bonchev–Trinajstić information content (AvgIpc) is 3.38. The van der Waals surface area contributed by atoms with Gasteiger partial charge in [0.15, 0.2) is 0 Å². The minimum atomic E-state index is -3.95. The molecule has 0 aliphatic heterocycles.